The highest BCUT2D eigenvalue weighted by atomic mass is 32.2. The number of aliphatic carboxylic acids is 1. The fraction of sp³-hybridized carbons (Fsp3) is 0.444. The summed E-state index contributed by atoms with van der Waals surface area (Å²) in [4.78, 5) is 12.7. The third-order valence-corrected chi connectivity index (χ3v) is 13.7. The quantitative estimate of drug-likeness (QED) is 0.212. The summed E-state index contributed by atoms with van der Waals surface area (Å²) in [5.74, 6) is -1.53. The van der Waals surface area contributed by atoms with Crippen LogP contribution in [0.15, 0.2) is 81.3 Å². The molecule has 282 valence electrons. The van der Waals surface area contributed by atoms with Gasteiger partial charge in [-0.25, -0.2) is 21.1 Å². The van der Waals surface area contributed by atoms with E-state index in [-0.39, 0.29) is 42.1 Å². The molecule has 2 N–H and O–H groups in total. The van der Waals surface area contributed by atoms with Crippen molar-refractivity contribution in [3.05, 3.63) is 82.6 Å². The number of hydrogen-bond acceptors (Lipinski definition) is 9. The molecule has 3 aliphatic rings. The molecule has 0 unspecified atom stereocenters. The molecule has 0 spiro atoms. The molecule has 0 radical (unpaired) electrons. The summed E-state index contributed by atoms with van der Waals surface area (Å²) in [5, 5.41) is 8.95. The summed E-state index contributed by atoms with van der Waals surface area (Å²) in [5.41, 5.74) is 5.55. The van der Waals surface area contributed by atoms with Crippen molar-refractivity contribution in [2.75, 3.05) is 37.8 Å². The van der Waals surface area contributed by atoms with E-state index in [1.165, 1.54) is 23.5 Å². The van der Waals surface area contributed by atoms with Gasteiger partial charge in [0, 0.05) is 66.8 Å². The molecular formula is C36H45N3O10S3. The summed E-state index contributed by atoms with van der Waals surface area (Å²) < 4.78 is 97.9. The fourth-order valence-electron chi connectivity index (χ4n) is 7.35. The first-order chi connectivity index (χ1) is 23.9. The molecule has 0 aromatic heterocycles. The van der Waals surface area contributed by atoms with Gasteiger partial charge in [-0.2, -0.15) is 13.0 Å². The third-order valence-electron chi connectivity index (χ3n) is 10.2. The number of allylic oxidation sites excluding steroid dienone is 6. The zero-order valence-electron chi connectivity index (χ0n) is 30.1. The molecular weight excluding hydrogens is 731 g/mol. The van der Waals surface area contributed by atoms with Crippen LogP contribution >= 0.6 is 0 Å². The molecule has 16 heteroatoms. The molecule has 0 saturated heterocycles. The first-order valence-corrected chi connectivity index (χ1v) is 21.3. The van der Waals surface area contributed by atoms with E-state index in [2.05, 4.69) is 16.7 Å². The predicted molar refractivity (Wildman–Crippen MR) is 196 cm³/mol. The molecule has 0 saturated carbocycles. The van der Waals surface area contributed by atoms with Crippen LogP contribution in [0, 0.1) is 0 Å². The second-order valence-electron chi connectivity index (χ2n) is 14.6. The Labute approximate surface area is 306 Å². The van der Waals surface area contributed by atoms with Gasteiger partial charge in [0.15, 0.2) is 5.71 Å². The van der Waals surface area contributed by atoms with Gasteiger partial charge < -0.3 is 14.6 Å². The minimum atomic E-state index is -4.47. The Morgan fingerprint density at radius 2 is 1.60 bits per heavy atom. The monoisotopic (exact) mass is 775 g/mol. The van der Waals surface area contributed by atoms with Crippen molar-refractivity contribution in [2.24, 2.45) is 0 Å². The highest BCUT2D eigenvalue weighted by Gasteiger charge is 2.45. The van der Waals surface area contributed by atoms with Crippen molar-refractivity contribution in [3.8, 4) is 0 Å². The molecule has 52 heavy (non-hydrogen) atoms. The maximum absolute atomic E-state index is 13.4. The smallest absolute Gasteiger partial charge is 0.303 e. The largest absolute Gasteiger partial charge is 0.748 e. The summed E-state index contributed by atoms with van der Waals surface area (Å²) in [7, 11) is -9.39. The Morgan fingerprint density at radius 1 is 0.942 bits per heavy atom. The predicted octanol–water partition coefficient (Wildman–Crippen LogP) is 4.69. The molecule has 2 aromatic carbocycles. The molecule has 1 aliphatic carbocycles. The number of anilines is 1. The van der Waals surface area contributed by atoms with Gasteiger partial charge in [0.2, 0.25) is 15.7 Å². The minimum Gasteiger partial charge on any atom is -0.748 e. The number of benzene rings is 2. The van der Waals surface area contributed by atoms with Crippen LogP contribution in [0.25, 0.3) is 0 Å². The molecule has 2 aliphatic heterocycles. The van der Waals surface area contributed by atoms with Crippen LogP contribution < -0.4 is 4.90 Å². The Bertz CT molecular complexity index is 2290. The zero-order chi connectivity index (χ0) is 38.6. The van der Waals surface area contributed by atoms with Gasteiger partial charge in [0.1, 0.15) is 7.05 Å². The minimum absolute atomic E-state index is 0.0628. The molecule has 0 amide bonds. The number of carbonyl (C=O) groups is 1. The summed E-state index contributed by atoms with van der Waals surface area (Å²) in [6, 6.07) is 9.37. The first-order valence-electron chi connectivity index (χ1n) is 16.8. The van der Waals surface area contributed by atoms with Crippen LogP contribution in [0.2, 0.25) is 0 Å². The van der Waals surface area contributed by atoms with Gasteiger partial charge in [0.25, 0.3) is 10.1 Å². The van der Waals surface area contributed by atoms with Gasteiger partial charge in [-0.1, -0.05) is 19.9 Å². The highest BCUT2D eigenvalue weighted by molar-refractivity contribution is 7.89. The lowest BCUT2D eigenvalue weighted by Crippen LogP contribution is -2.29. The lowest BCUT2D eigenvalue weighted by atomic mass is 9.81. The van der Waals surface area contributed by atoms with E-state index in [9.17, 15) is 39.2 Å². The van der Waals surface area contributed by atoms with Gasteiger partial charge in [0.05, 0.1) is 25.3 Å². The average Bonchev–Trinajstić information content (AvgIpc) is 3.62. The van der Waals surface area contributed by atoms with Crippen molar-refractivity contribution in [2.45, 2.75) is 80.4 Å². The van der Waals surface area contributed by atoms with Crippen molar-refractivity contribution in [3.63, 3.8) is 0 Å². The molecule has 0 bridgehead atoms. The van der Waals surface area contributed by atoms with E-state index in [0.29, 0.717) is 17.7 Å². The topological polar surface area (TPSA) is 192 Å². The van der Waals surface area contributed by atoms with E-state index in [0.717, 1.165) is 40.2 Å². The molecule has 2 aromatic rings. The van der Waals surface area contributed by atoms with Gasteiger partial charge in [-0.05, 0) is 92.6 Å². The van der Waals surface area contributed by atoms with Crippen molar-refractivity contribution in [1.29, 1.82) is 0 Å². The Kier molecular flexibility index (Phi) is 10.6. The highest BCUT2D eigenvalue weighted by Crippen LogP contribution is 2.49. The third kappa shape index (κ3) is 7.82. The summed E-state index contributed by atoms with van der Waals surface area (Å²) in [6.07, 6.45) is 7.77. The first kappa shape index (κ1) is 39.5. The average molecular weight is 776 g/mol. The zero-order valence-corrected chi connectivity index (χ0v) is 32.5. The van der Waals surface area contributed by atoms with Crippen molar-refractivity contribution >= 4 is 53.3 Å². The van der Waals surface area contributed by atoms with Crippen LogP contribution in [-0.4, -0.2) is 93.0 Å². The van der Waals surface area contributed by atoms with E-state index >= 15 is 0 Å². The van der Waals surface area contributed by atoms with E-state index in [1.807, 2.05) is 45.7 Å². The number of carboxylic acids is 1. The Hall–Kier alpha value is -3.67. The van der Waals surface area contributed by atoms with E-state index in [1.54, 1.807) is 24.3 Å². The fourth-order valence-corrected chi connectivity index (χ4v) is 9.58. The van der Waals surface area contributed by atoms with Crippen LogP contribution in [0.3, 0.4) is 0 Å². The molecule has 0 atom stereocenters. The summed E-state index contributed by atoms with van der Waals surface area (Å²) >= 11 is 0. The number of nitrogens with zero attached hydrogens (tertiary/aromatic N) is 3. The normalized spacial score (nSPS) is 19.9. The van der Waals surface area contributed by atoms with Gasteiger partial charge in [-0.3, -0.25) is 9.35 Å². The van der Waals surface area contributed by atoms with Crippen molar-refractivity contribution in [1.82, 2.24) is 4.31 Å². The van der Waals surface area contributed by atoms with Crippen LogP contribution in [-0.2, 0) is 45.9 Å². The number of sulfonamides is 1. The molecule has 5 rings (SSSR count). The second kappa shape index (κ2) is 14.0. The van der Waals surface area contributed by atoms with Crippen molar-refractivity contribution < 1.29 is 48.8 Å². The molecule has 2 heterocycles. The van der Waals surface area contributed by atoms with Gasteiger partial charge in [-0.15, -0.1) is 0 Å². The van der Waals surface area contributed by atoms with Gasteiger partial charge >= 0.3 is 5.97 Å². The SMILES string of the molecule is CN(CCCC(=O)O)S(=O)(=O)c1ccc2c(c1)C(C)(C)C(/C=C1C=C(/C=C3/N(CCCS(=O)(=O)[O-])c4ccc(S(=O)(=O)O)cc4C3(C)C)CC/1)=[N+]2C. The maximum Gasteiger partial charge on any atom is 0.303 e. The number of rotatable bonds is 13. The van der Waals surface area contributed by atoms with Crippen LogP contribution in [0.1, 0.15) is 70.9 Å². The summed E-state index contributed by atoms with van der Waals surface area (Å²) in [6.45, 7) is 8.21. The lowest BCUT2D eigenvalue weighted by Gasteiger charge is -2.27. The number of carboxylic acid groups (broad SMARTS) is 1. The Balaban J connectivity index is 1.46. The number of fused-ring (bicyclic) bond motifs is 2. The maximum atomic E-state index is 13.4. The van der Waals surface area contributed by atoms with E-state index < -0.39 is 52.8 Å². The lowest BCUT2D eigenvalue weighted by molar-refractivity contribution is -0.401. The van der Waals surface area contributed by atoms with Crippen LogP contribution in [0.4, 0.5) is 11.4 Å². The van der Waals surface area contributed by atoms with Crippen LogP contribution in [0.5, 0.6) is 0 Å². The second-order valence-corrected chi connectivity index (χ2v) is 19.6. The Morgan fingerprint density at radius 3 is 2.23 bits per heavy atom. The van der Waals surface area contributed by atoms with E-state index in [4.69, 9.17) is 5.11 Å². The molecule has 13 nitrogen and oxygen atoms in total. The number of hydrogen-bond donors (Lipinski definition) is 2. The standard InChI is InChI=1S/C36H45N3O10S3/c1-35(2)28-22-26(51(45,46)37(5)16-7-9-34(40)41)12-14-30(28)38(6)32(35)20-24-10-11-25(19-24)21-33-36(3,4)29-23-27(52(47,48)49)13-15-31(29)39(33)17-8-18-50(42,43)44/h12-15,19-23H,7-11,16-18H2,1-6H3,(H2-,40,41,42,43,44,47,48,49). The molecule has 0 fully saturated rings.